The Morgan fingerprint density at radius 2 is 1.43 bits per heavy atom. The number of azo groups is 1. The lowest BCUT2D eigenvalue weighted by Gasteiger charge is -2.11. The van der Waals surface area contributed by atoms with Crippen molar-refractivity contribution in [2.24, 2.45) is 10.2 Å². The van der Waals surface area contributed by atoms with Crippen LogP contribution < -0.4 is 15.0 Å². The Morgan fingerprint density at radius 3 is 1.97 bits per heavy atom. The highest BCUT2D eigenvalue weighted by Crippen LogP contribution is 2.23. The van der Waals surface area contributed by atoms with Crippen LogP contribution in [-0.4, -0.2) is 39.2 Å². The van der Waals surface area contributed by atoms with Gasteiger partial charge in [-0.15, -0.1) is 0 Å². The van der Waals surface area contributed by atoms with Crippen molar-refractivity contribution in [1.29, 1.82) is 0 Å². The SMILES string of the molecule is C=C(C)C(=O)OCCOc1ccc(C(=O)Nc2ccc(N=Nc3ccc(N(C)C)cc3)cc2)cc1. The van der Waals surface area contributed by atoms with Crippen LogP contribution in [0.2, 0.25) is 0 Å². The molecule has 0 atom stereocenters. The van der Waals surface area contributed by atoms with Gasteiger partial charge in [-0.05, 0) is 79.7 Å². The third kappa shape index (κ3) is 7.82. The monoisotopic (exact) mass is 472 g/mol. The van der Waals surface area contributed by atoms with Gasteiger partial charge in [-0.3, -0.25) is 4.79 Å². The summed E-state index contributed by atoms with van der Waals surface area (Å²) >= 11 is 0. The second-order valence-corrected chi connectivity index (χ2v) is 7.90. The number of nitrogens with one attached hydrogen (secondary N) is 1. The average Bonchev–Trinajstić information content (AvgIpc) is 2.86. The topological polar surface area (TPSA) is 92.6 Å². The fraction of sp³-hybridized carbons (Fsp3) is 0.185. The number of amides is 1. The number of nitrogens with zero attached hydrogens (tertiary/aromatic N) is 3. The summed E-state index contributed by atoms with van der Waals surface area (Å²) < 4.78 is 10.5. The fourth-order valence-electron chi connectivity index (χ4n) is 2.87. The van der Waals surface area contributed by atoms with Crippen molar-refractivity contribution >= 4 is 34.6 Å². The summed E-state index contributed by atoms with van der Waals surface area (Å²) in [5.74, 6) is -0.132. The maximum atomic E-state index is 12.5. The smallest absolute Gasteiger partial charge is 0.333 e. The molecule has 0 aliphatic carbocycles. The van der Waals surface area contributed by atoms with E-state index >= 15 is 0 Å². The molecule has 0 aromatic heterocycles. The third-order valence-corrected chi connectivity index (χ3v) is 4.82. The van der Waals surface area contributed by atoms with Crippen molar-refractivity contribution in [3.63, 3.8) is 0 Å². The lowest BCUT2D eigenvalue weighted by Crippen LogP contribution is -2.13. The molecule has 0 aliphatic heterocycles. The van der Waals surface area contributed by atoms with Gasteiger partial charge in [-0.25, -0.2) is 4.79 Å². The van der Waals surface area contributed by atoms with E-state index in [1.807, 2.05) is 43.3 Å². The first-order chi connectivity index (χ1) is 16.8. The van der Waals surface area contributed by atoms with Crippen LogP contribution in [0.3, 0.4) is 0 Å². The van der Waals surface area contributed by atoms with Gasteiger partial charge in [0, 0.05) is 36.6 Å². The van der Waals surface area contributed by atoms with Crippen molar-refractivity contribution in [1.82, 2.24) is 0 Å². The van der Waals surface area contributed by atoms with Crippen molar-refractivity contribution < 1.29 is 19.1 Å². The standard InChI is InChI=1S/C27H28N4O4/c1-19(2)27(33)35-18-17-34-25-15-5-20(6-16-25)26(32)28-21-7-9-22(10-8-21)29-30-23-11-13-24(14-12-23)31(3)4/h5-16H,1,17-18H2,2-4H3,(H,28,32). The highest BCUT2D eigenvalue weighted by Gasteiger charge is 2.07. The molecule has 180 valence electrons. The number of ether oxygens (including phenoxy) is 2. The average molecular weight is 473 g/mol. The molecule has 0 radical (unpaired) electrons. The highest BCUT2D eigenvalue weighted by atomic mass is 16.6. The Morgan fingerprint density at radius 1 is 0.857 bits per heavy atom. The predicted molar refractivity (Wildman–Crippen MR) is 137 cm³/mol. The second kappa shape index (κ2) is 12.1. The molecule has 0 spiro atoms. The Bertz CT molecular complexity index is 1190. The van der Waals surface area contributed by atoms with Gasteiger partial charge in [0.25, 0.3) is 5.91 Å². The quantitative estimate of drug-likeness (QED) is 0.171. The van der Waals surface area contributed by atoms with Gasteiger partial charge >= 0.3 is 5.97 Å². The van der Waals surface area contributed by atoms with Crippen LogP contribution in [0.4, 0.5) is 22.7 Å². The van der Waals surface area contributed by atoms with Crippen LogP contribution in [-0.2, 0) is 9.53 Å². The van der Waals surface area contributed by atoms with Gasteiger partial charge in [0.15, 0.2) is 0 Å². The van der Waals surface area contributed by atoms with E-state index < -0.39 is 5.97 Å². The molecule has 3 rings (SSSR count). The molecule has 0 aliphatic rings. The summed E-state index contributed by atoms with van der Waals surface area (Å²) in [6, 6.07) is 21.6. The molecule has 35 heavy (non-hydrogen) atoms. The molecule has 8 nitrogen and oxygen atoms in total. The van der Waals surface area contributed by atoms with E-state index in [9.17, 15) is 9.59 Å². The van der Waals surface area contributed by atoms with Gasteiger partial charge in [-0.2, -0.15) is 10.2 Å². The first-order valence-electron chi connectivity index (χ1n) is 11.0. The van der Waals surface area contributed by atoms with Crippen molar-refractivity contribution in [3.8, 4) is 5.75 Å². The number of hydrogen-bond donors (Lipinski definition) is 1. The van der Waals surface area contributed by atoms with Gasteiger partial charge in [0.2, 0.25) is 0 Å². The number of hydrogen-bond acceptors (Lipinski definition) is 7. The molecule has 0 saturated heterocycles. The molecule has 0 bridgehead atoms. The molecule has 1 N–H and O–H groups in total. The molecular weight excluding hydrogens is 444 g/mol. The molecule has 0 unspecified atom stereocenters. The van der Waals surface area contributed by atoms with E-state index in [4.69, 9.17) is 9.47 Å². The van der Waals surface area contributed by atoms with Gasteiger partial charge < -0.3 is 19.7 Å². The zero-order valence-electron chi connectivity index (χ0n) is 20.0. The molecule has 3 aromatic carbocycles. The Hall–Kier alpha value is -4.46. The molecule has 0 fully saturated rings. The molecular formula is C27H28N4O4. The zero-order chi connectivity index (χ0) is 25.2. The summed E-state index contributed by atoms with van der Waals surface area (Å²) in [5.41, 5.74) is 3.99. The summed E-state index contributed by atoms with van der Waals surface area (Å²) in [4.78, 5) is 25.9. The van der Waals surface area contributed by atoms with Crippen LogP contribution >= 0.6 is 0 Å². The largest absolute Gasteiger partial charge is 0.490 e. The lowest BCUT2D eigenvalue weighted by molar-refractivity contribution is -0.139. The number of esters is 1. The number of carbonyl (C=O) groups excluding carboxylic acids is 2. The van der Waals surface area contributed by atoms with E-state index in [2.05, 4.69) is 22.1 Å². The van der Waals surface area contributed by atoms with E-state index in [0.29, 0.717) is 28.3 Å². The van der Waals surface area contributed by atoms with Crippen molar-refractivity contribution in [2.75, 3.05) is 37.5 Å². The highest BCUT2D eigenvalue weighted by molar-refractivity contribution is 6.04. The van der Waals surface area contributed by atoms with Crippen LogP contribution in [0.1, 0.15) is 17.3 Å². The minimum absolute atomic E-state index is 0.117. The van der Waals surface area contributed by atoms with E-state index in [1.165, 1.54) is 0 Å². The summed E-state index contributed by atoms with van der Waals surface area (Å²) in [7, 11) is 3.96. The predicted octanol–water partition coefficient (Wildman–Crippen LogP) is 5.92. The molecule has 1 amide bonds. The number of benzene rings is 3. The van der Waals surface area contributed by atoms with Crippen LogP contribution in [0, 0.1) is 0 Å². The Labute approximate surface area is 204 Å². The minimum atomic E-state index is -0.452. The van der Waals surface area contributed by atoms with Crippen molar-refractivity contribution in [3.05, 3.63) is 90.5 Å². The Kier molecular flexibility index (Phi) is 8.72. The first-order valence-corrected chi connectivity index (χ1v) is 11.0. The van der Waals surface area contributed by atoms with Gasteiger partial charge in [0.1, 0.15) is 19.0 Å². The van der Waals surface area contributed by atoms with E-state index in [-0.39, 0.29) is 19.1 Å². The molecule has 3 aromatic rings. The maximum absolute atomic E-state index is 12.5. The second-order valence-electron chi connectivity index (χ2n) is 7.90. The number of rotatable bonds is 10. The number of anilines is 2. The normalized spacial score (nSPS) is 10.6. The fourth-order valence-corrected chi connectivity index (χ4v) is 2.87. The zero-order valence-corrected chi connectivity index (χ0v) is 20.0. The molecule has 0 saturated carbocycles. The maximum Gasteiger partial charge on any atom is 0.333 e. The van der Waals surface area contributed by atoms with E-state index in [1.54, 1.807) is 55.5 Å². The van der Waals surface area contributed by atoms with E-state index in [0.717, 1.165) is 11.4 Å². The van der Waals surface area contributed by atoms with Gasteiger partial charge in [-0.1, -0.05) is 6.58 Å². The van der Waals surface area contributed by atoms with Crippen LogP contribution in [0.25, 0.3) is 0 Å². The van der Waals surface area contributed by atoms with Gasteiger partial charge in [0.05, 0.1) is 11.4 Å². The summed E-state index contributed by atoms with van der Waals surface area (Å²) in [6.45, 7) is 5.42. The summed E-state index contributed by atoms with van der Waals surface area (Å²) in [6.07, 6.45) is 0. The van der Waals surface area contributed by atoms with Crippen LogP contribution in [0.5, 0.6) is 5.75 Å². The van der Waals surface area contributed by atoms with Crippen LogP contribution in [0.15, 0.2) is 95.2 Å². The third-order valence-electron chi connectivity index (χ3n) is 4.82. The minimum Gasteiger partial charge on any atom is -0.490 e. The first kappa shape index (κ1) is 25.2. The number of carbonyl (C=O) groups is 2. The van der Waals surface area contributed by atoms with Crippen molar-refractivity contribution in [2.45, 2.75) is 6.92 Å². The molecule has 0 heterocycles. The summed E-state index contributed by atoms with van der Waals surface area (Å²) in [5, 5.41) is 11.3. The Balaban J connectivity index is 1.49. The molecule has 8 heteroatoms. The lowest BCUT2D eigenvalue weighted by atomic mass is 10.2.